The van der Waals surface area contributed by atoms with Crippen LogP contribution in [0, 0.1) is 11.3 Å². The Labute approximate surface area is 157 Å². The van der Waals surface area contributed by atoms with Crippen LogP contribution in [0.1, 0.15) is 31.2 Å². The van der Waals surface area contributed by atoms with E-state index in [1.165, 1.54) is 5.56 Å². The molecule has 1 aromatic rings. The van der Waals surface area contributed by atoms with Gasteiger partial charge in [-0.1, -0.05) is 18.2 Å². The number of benzene rings is 1. The molecule has 0 aromatic heterocycles. The fraction of sp³-hybridized carbons (Fsp3) is 0.667. The molecule has 1 aromatic carbocycles. The summed E-state index contributed by atoms with van der Waals surface area (Å²) in [5.41, 5.74) is 0.948. The van der Waals surface area contributed by atoms with Crippen LogP contribution in [0.4, 0.5) is 0 Å². The first kappa shape index (κ1) is 19.2. The third-order valence-corrected chi connectivity index (χ3v) is 6.04. The summed E-state index contributed by atoms with van der Waals surface area (Å²) in [6.07, 6.45) is 4.90. The van der Waals surface area contributed by atoms with E-state index < -0.39 is 0 Å². The summed E-state index contributed by atoms with van der Waals surface area (Å²) in [6, 6.07) is 8.26. The first-order chi connectivity index (χ1) is 12.7. The Morgan fingerprint density at radius 3 is 2.54 bits per heavy atom. The highest BCUT2D eigenvalue weighted by atomic mass is 16.5. The molecule has 2 saturated heterocycles. The summed E-state index contributed by atoms with van der Waals surface area (Å²) < 4.78 is 10.9. The Bertz CT molecular complexity index is 585. The van der Waals surface area contributed by atoms with Crippen LogP contribution in [0.2, 0.25) is 0 Å². The third-order valence-electron chi connectivity index (χ3n) is 6.04. The lowest BCUT2D eigenvalue weighted by atomic mass is 9.77. The summed E-state index contributed by atoms with van der Waals surface area (Å²) in [5.74, 6) is 1.89. The van der Waals surface area contributed by atoms with Crippen molar-refractivity contribution < 1.29 is 14.3 Å². The van der Waals surface area contributed by atoms with Gasteiger partial charge in [0.05, 0.1) is 19.1 Å². The molecule has 3 rings (SSSR count). The lowest BCUT2D eigenvalue weighted by Gasteiger charge is -2.42. The monoisotopic (exact) mass is 360 g/mol. The molecule has 1 amide bonds. The SMILES string of the molecule is COCC1(C(=O)N2CCC(Cc3ccccc3OC)CC2)CCNCC1. The van der Waals surface area contributed by atoms with Crippen molar-refractivity contribution in [2.75, 3.05) is 47.0 Å². The average Bonchev–Trinajstić information content (AvgIpc) is 2.69. The molecule has 0 saturated carbocycles. The Hall–Kier alpha value is -1.59. The van der Waals surface area contributed by atoms with Gasteiger partial charge in [0.1, 0.15) is 5.75 Å². The van der Waals surface area contributed by atoms with Gasteiger partial charge in [-0.3, -0.25) is 4.79 Å². The van der Waals surface area contributed by atoms with Crippen LogP contribution in [0.25, 0.3) is 0 Å². The molecular weight excluding hydrogens is 328 g/mol. The Morgan fingerprint density at radius 1 is 1.19 bits per heavy atom. The maximum Gasteiger partial charge on any atom is 0.231 e. The predicted molar refractivity (Wildman–Crippen MR) is 102 cm³/mol. The summed E-state index contributed by atoms with van der Waals surface area (Å²) in [5, 5.41) is 3.36. The molecule has 2 aliphatic rings. The van der Waals surface area contributed by atoms with Gasteiger partial charge in [-0.15, -0.1) is 0 Å². The van der Waals surface area contributed by atoms with Crippen molar-refractivity contribution >= 4 is 5.91 Å². The second kappa shape index (κ2) is 8.87. The summed E-state index contributed by atoms with van der Waals surface area (Å²) >= 11 is 0. The van der Waals surface area contributed by atoms with Crippen molar-refractivity contribution in [2.45, 2.75) is 32.1 Å². The van der Waals surface area contributed by atoms with Crippen LogP contribution < -0.4 is 10.1 Å². The minimum absolute atomic E-state index is 0.302. The first-order valence-corrected chi connectivity index (χ1v) is 9.79. The van der Waals surface area contributed by atoms with Crippen molar-refractivity contribution in [1.82, 2.24) is 10.2 Å². The lowest BCUT2D eigenvalue weighted by Crippen LogP contribution is -2.53. The van der Waals surface area contributed by atoms with Gasteiger partial charge in [-0.05, 0) is 62.7 Å². The zero-order valence-electron chi connectivity index (χ0n) is 16.1. The van der Waals surface area contributed by atoms with E-state index in [2.05, 4.69) is 22.3 Å². The molecule has 0 aliphatic carbocycles. The number of rotatable bonds is 6. The molecule has 2 aliphatic heterocycles. The molecule has 0 bridgehead atoms. The normalized spacial score (nSPS) is 20.8. The Balaban J connectivity index is 1.58. The van der Waals surface area contributed by atoms with Gasteiger partial charge in [0.15, 0.2) is 0 Å². The van der Waals surface area contributed by atoms with Crippen LogP contribution in [0.5, 0.6) is 5.75 Å². The highest BCUT2D eigenvalue weighted by Gasteiger charge is 2.42. The maximum absolute atomic E-state index is 13.2. The van der Waals surface area contributed by atoms with Crippen LogP contribution in [0.3, 0.4) is 0 Å². The van der Waals surface area contributed by atoms with E-state index in [0.29, 0.717) is 18.4 Å². The topological polar surface area (TPSA) is 50.8 Å². The second-order valence-corrected chi connectivity index (χ2v) is 7.71. The maximum atomic E-state index is 13.2. The molecule has 5 nitrogen and oxygen atoms in total. The first-order valence-electron chi connectivity index (χ1n) is 9.79. The van der Waals surface area contributed by atoms with E-state index in [1.54, 1.807) is 14.2 Å². The Morgan fingerprint density at radius 2 is 1.88 bits per heavy atom. The Kier molecular flexibility index (Phi) is 6.54. The molecule has 144 valence electrons. The molecule has 26 heavy (non-hydrogen) atoms. The van der Waals surface area contributed by atoms with Gasteiger partial charge in [-0.25, -0.2) is 0 Å². The van der Waals surface area contributed by atoms with Crippen molar-refractivity contribution in [3.05, 3.63) is 29.8 Å². The zero-order valence-corrected chi connectivity index (χ0v) is 16.1. The molecular formula is C21H32N2O3. The predicted octanol–water partition coefficient (Wildman–Crippen LogP) is 2.49. The van der Waals surface area contributed by atoms with Gasteiger partial charge in [-0.2, -0.15) is 0 Å². The fourth-order valence-corrected chi connectivity index (χ4v) is 4.46. The summed E-state index contributed by atoms with van der Waals surface area (Å²) in [7, 11) is 3.44. The lowest BCUT2D eigenvalue weighted by molar-refractivity contribution is -0.149. The standard InChI is InChI=1S/C21H32N2O3/c1-25-16-21(9-11-22-12-10-21)20(24)23-13-7-17(8-14-23)15-18-5-3-4-6-19(18)26-2/h3-6,17,22H,7-16H2,1-2H3. The van der Waals surface area contributed by atoms with E-state index in [9.17, 15) is 4.79 Å². The van der Waals surface area contributed by atoms with Crippen molar-refractivity contribution in [1.29, 1.82) is 0 Å². The smallest absolute Gasteiger partial charge is 0.231 e. The number of nitrogens with zero attached hydrogens (tertiary/aromatic N) is 1. The summed E-state index contributed by atoms with van der Waals surface area (Å²) in [4.78, 5) is 15.3. The average molecular weight is 360 g/mol. The number of carbonyl (C=O) groups is 1. The van der Waals surface area contributed by atoms with Crippen LogP contribution in [-0.4, -0.2) is 57.8 Å². The number of piperidine rings is 2. The number of methoxy groups -OCH3 is 2. The van der Waals surface area contributed by atoms with Crippen molar-refractivity contribution in [2.24, 2.45) is 11.3 Å². The highest BCUT2D eigenvalue weighted by molar-refractivity contribution is 5.83. The molecule has 5 heteroatoms. The number of para-hydroxylation sites is 1. The van der Waals surface area contributed by atoms with Gasteiger partial charge in [0.25, 0.3) is 0 Å². The number of ether oxygens (including phenoxy) is 2. The minimum atomic E-state index is -0.324. The van der Waals surface area contributed by atoms with E-state index in [1.807, 2.05) is 12.1 Å². The molecule has 2 heterocycles. The van der Waals surface area contributed by atoms with Gasteiger partial charge in [0.2, 0.25) is 5.91 Å². The number of carbonyl (C=O) groups excluding carboxylic acids is 1. The summed E-state index contributed by atoms with van der Waals surface area (Å²) in [6.45, 7) is 4.06. The number of hydrogen-bond donors (Lipinski definition) is 1. The second-order valence-electron chi connectivity index (χ2n) is 7.71. The third kappa shape index (κ3) is 4.21. The largest absolute Gasteiger partial charge is 0.496 e. The molecule has 1 N–H and O–H groups in total. The van der Waals surface area contributed by atoms with Gasteiger partial charge in [0, 0.05) is 20.2 Å². The zero-order chi connectivity index (χ0) is 18.4. The van der Waals surface area contributed by atoms with Crippen LogP contribution >= 0.6 is 0 Å². The van der Waals surface area contributed by atoms with E-state index >= 15 is 0 Å². The van der Waals surface area contributed by atoms with Gasteiger partial charge < -0.3 is 19.7 Å². The molecule has 2 fully saturated rings. The van der Waals surface area contributed by atoms with E-state index in [4.69, 9.17) is 9.47 Å². The molecule has 0 radical (unpaired) electrons. The van der Waals surface area contributed by atoms with Crippen LogP contribution in [-0.2, 0) is 16.0 Å². The number of likely N-dealkylation sites (tertiary alicyclic amines) is 1. The highest BCUT2D eigenvalue weighted by Crippen LogP contribution is 2.34. The van der Waals surface area contributed by atoms with Gasteiger partial charge >= 0.3 is 0 Å². The van der Waals surface area contributed by atoms with Crippen molar-refractivity contribution in [3.8, 4) is 5.75 Å². The van der Waals surface area contributed by atoms with E-state index in [-0.39, 0.29) is 5.41 Å². The number of hydrogen-bond acceptors (Lipinski definition) is 4. The molecule has 0 spiro atoms. The molecule has 0 atom stereocenters. The quantitative estimate of drug-likeness (QED) is 0.847. The van der Waals surface area contributed by atoms with E-state index in [0.717, 1.165) is 64.0 Å². The number of nitrogens with one attached hydrogen (secondary N) is 1. The fourth-order valence-electron chi connectivity index (χ4n) is 4.46. The minimum Gasteiger partial charge on any atom is -0.496 e. The van der Waals surface area contributed by atoms with Crippen LogP contribution in [0.15, 0.2) is 24.3 Å². The van der Waals surface area contributed by atoms with Crippen molar-refractivity contribution in [3.63, 3.8) is 0 Å². The number of amides is 1. The molecule has 0 unspecified atom stereocenters.